The van der Waals surface area contributed by atoms with Crippen LogP contribution in [0, 0.1) is 18.8 Å². The Hall–Kier alpha value is -1.09. The Balaban J connectivity index is 1.75. The van der Waals surface area contributed by atoms with Crippen molar-refractivity contribution in [2.24, 2.45) is 11.8 Å². The normalized spacial score (nSPS) is 18.3. The third-order valence-electron chi connectivity index (χ3n) is 4.42. The molecular weight excluding hydrogens is 258 g/mol. The van der Waals surface area contributed by atoms with Crippen LogP contribution >= 0.6 is 0 Å². The van der Waals surface area contributed by atoms with Crippen molar-refractivity contribution in [3.05, 3.63) is 23.5 Å². The second kappa shape index (κ2) is 6.35. The van der Waals surface area contributed by atoms with E-state index in [-0.39, 0.29) is 0 Å². The number of hydrogen-bond donors (Lipinski definition) is 1. The van der Waals surface area contributed by atoms with Crippen molar-refractivity contribution in [1.82, 2.24) is 10.3 Å². The van der Waals surface area contributed by atoms with E-state index in [0.29, 0.717) is 5.92 Å². The first kappa shape index (κ1) is 14.8. The zero-order chi connectivity index (χ0) is 14.8. The van der Waals surface area contributed by atoms with Crippen LogP contribution in [0.25, 0.3) is 0 Å². The second-order valence-corrected chi connectivity index (χ2v) is 7.31. The van der Waals surface area contributed by atoms with Crippen molar-refractivity contribution < 1.29 is 0 Å². The van der Waals surface area contributed by atoms with E-state index in [2.05, 4.69) is 48.2 Å². The summed E-state index contributed by atoms with van der Waals surface area (Å²) in [7, 11) is 0. The highest BCUT2D eigenvalue weighted by Gasteiger charge is 2.34. The molecule has 21 heavy (non-hydrogen) atoms. The molecule has 3 heteroatoms. The van der Waals surface area contributed by atoms with E-state index in [4.69, 9.17) is 0 Å². The summed E-state index contributed by atoms with van der Waals surface area (Å²) in [4.78, 5) is 7.21. The van der Waals surface area contributed by atoms with Crippen LogP contribution in [0.3, 0.4) is 0 Å². The molecule has 0 saturated heterocycles. The molecule has 0 atom stereocenters. The van der Waals surface area contributed by atoms with Gasteiger partial charge in [-0.25, -0.2) is 0 Å². The molecule has 2 fully saturated rings. The molecule has 0 aliphatic heterocycles. The van der Waals surface area contributed by atoms with Crippen LogP contribution in [0.5, 0.6) is 0 Å². The second-order valence-electron chi connectivity index (χ2n) is 7.31. The van der Waals surface area contributed by atoms with Gasteiger partial charge in [0.1, 0.15) is 0 Å². The van der Waals surface area contributed by atoms with Gasteiger partial charge >= 0.3 is 0 Å². The first-order valence-electron chi connectivity index (χ1n) is 8.56. The Morgan fingerprint density at radius 2 is 2.05 bits per heavy atom. The zero-order valence-corrected chi connectivity index (χ0v) is 13.7. The molecule has 2 aliphatic rings. The fourth-order valence-corrected chi connectivity index (χ4v) is 2.88. The number of rotatable bonds is 8. The van der Waals surface area contributed by atoms with Crippen molar-refractivity contribution in [2.75, 3.05) is 18.0 Å². The molecule has 1 aromatic rings. The van der Waals surface area contributed by atoms with Crippen LogP contribution in [-0.4, -0.2) is 24.1 Å². The lowest BCUT2D eigenvalue weighted by molar-refractivity contribution is 0.551. The van der Waals surface area contributed by atoms with Gasteiger partial charge in [0.25, 0.3) is 0 Å². The topological polar surface area (TPSA) is 28.2 Å². The lowest BCUT2D eigenvalue weighted by Crippen LogP contribution is -2.30. The Kier molecular flexibility index (Phi) is 4.48. The first-order chi connectivity index (χ1) is 10.1. The van der Waals surface area contributed by atoms with Gasteiger partial charge in [-0.2, -0.15) is 0 Å². The van der Waals surface area contributed by atoms with Gasteiger partial charge in [0, 0.05) is 42.3 Å². The van der Waals surface area contributed by atoms with Gasteiger partial charge in [-0.05, 0) is 57.1 Å². The van der Waals surface area contributed by atoms with E-state index in [0.717, 1.165) is 30.7 Å². The monoisotopic (exact) mass is 287 g/mol. The zero-order valence-electron chi connectivity index (χ0n) is 13.7. The van der Waals surface area contributed by atoms with Crippen LogP contribution in [0.4, 0.5) is 5.69 Å². The van der Waals surface area contributed by atoms with Crippen molar-refractivity contribution in [3.63, 3.8) is 0 Å². The van der Waals surface area contributed by atoms with E-state index in [1.165, 1.54) is 43.5 Å². The molecule has 0 aromatic carbocycles. The molecule has 1 N–H and O–H groups in total. The Morgan fingerprint density at radius 3 is 2.67 bits per heavy atom. The number of anilines is 1. The van der Waals surface area contributed by atoms with Gasteiger partial charge in [0.2, 0.25) is 0 Å². The molecule has 2 saturated carbocycles. The smallest absolute Gasteiger partial charge is 0.0448 e. The highest BCUT2D eigenvalue weighted by Crippen LogP contribution is 2.38. The molecule has 116 valence electrons. The van der Waals surface area contributed by atoms with Gasteiger partial charge in [-0.3, -0.25) is 4.98 Å². The van der Waals surface area contributed by atoms with Gasteiger partial charge in [-0.15, -0.1) is 0 Å². The van der Waals surface area contributed by atoms with Crippen LogP contribution in [0.15, 0.2) is 12.3 Å². The highest BCUT2D eigenvalue weighted by molar-refractivity contribution is 5.55. The van der Waals surface area contributed by atoms with E-state index in [1.807, 2.05) is 0 Å². The number of pyridine rings is 1. The summed E-state index contributed by atoms with van der Waals surface area (Å²) in [6, 6.07) is 3.09. The van der Waals surface area contributed by atoms with Gasteiger partial charge in [-0.1, -0.05) is 13.8 Å². The third kappa shape index (κ3) is 4.19. The maximum Gasteiger partial charge on any atom is 0.0448 e. The maximum absolute atomic E-state index is 4.53. The Labute approximate surface area is 129 Å². The van der Waals surface area contributed by atoms with E-state index in [9.17, 15) is 0 Å². The number of aromatic nitrogens is 1. The fraction of sp³-hybridized carbons (Fsp3) is 0.722. The van der Waals surface area contributed by atoms with Gasteiger partial charge < -0.3 is 10.2 Å². The molecule has 1 aromatic heterocycles. The SMILES string of the molecule is Cc1cc(N(CC2CC2)C2CC2)c(CNCC(C)C)cn1. The van der Waals surface area contributed by atoms with Crippen LogP contribution in [0.2, 0.25) is 0 Å². The Bertz CT molecular complexity index is 475. The van der Waals surface area contributed by atoms with Crippen molar-refractivity contribution in [1.29, 1.82) is 0 Å². The predicted molar refractivity (Wildman–Crippen MR) is 88.6 cm³/mol. The molecule has 0 unspecified atom stereocenters. The predicted octanol–water partition coefficient (Wildman–Crippen LogP) is 3.51. The van der Waals surface area contributed by atoms with Gasteiger partial charge in [0.05, 0.1) is 0 Å². The minimum Gasteiger partial charge on any atom is -0.368 e. The van der Waals surface area contributed by atoms with Crippen molar-refractivity contribution in [3.8, 4) is 0 Å². The summed E-state index contributed by atoms with van der Waals surface area (Å²) < 4.78 is 0. The number of nitrogens with zero attached hydrogens (tertiary/aromatic N) is 2. The fourth-order valence-electron chi connectivity index (χ4n) is 2.88. The van der Waals surface area contributed by atoms with Crippen molar-refractivity contribution >= 4 is 5.69 Å². The number of aryl methyl sites for hydroxylation is 1. The summed E-state index contributed by atoms with van der Waals surface area (Å²) in [5.74, 6) is 1.63. The quantitative estimate of drug-likeness (QED) is 0.793. The number of hydrogen-bond acceptors (Lipinski definition) is 3. The molecule has 0 spiro atoms. The van der Waals surface area contributed by atoms with E-state index >= 15 is 0 Å². The molecule has 1 heterocycles. The Morgan fingerprint density at radius 1 is 1.29 bits per heavy atom. The first-order valence-corrected chi connectivity index (χ1v) is 8.56. The summed E-state index contributed by atoms with van der Waals surface area (Å²) in [5.41, 5.74) is 3.95. The average molecular weight is 287 g/mol. The molecule has 0 bridgehead atoms. The largest absolute Gasteiger partial charge is 0.368 e. The van der Waals surface area contributed by atoms with Crippen molar-refractivity contribution in [2.45, 2.75) is 59.0 Å². The summed E-state index contributed by atoms with van der Waals surface area (Å²) in [6.45, 7) is 9.88. The lowest BCUT2D eigenvalue weighted by Gasteiger charge is -2.27. The summed E-state index contributed by atoms with van der Waals surface area (Å²) in [5, 5.41) is 3.58. The molecule has 0 amide bonds. The minimum absolute atomic E-state index is 0.692. The molecule has 0 radical (unpaired) electrons. The van der Waals surface area contributed by atoms with Crippen LogP contribution < -0.4 is 10.2 Å². The van der Waals surface area contributed by atoms with E-state index in [1.54, 1.807) is 0 Å². The molecule has 3 nitrogen and oxygen atoms in total. The third-order valence-corrected chi connectivity index (χ3v) is 4.42. The van der Waals surface area contributed by atoms with E-state index < -0.39 is 0 Å². The summed E-state index contributed by atoms with van der Waals surface area (Å²) in [6.07, 6.45) is 7.67. The minimum atomic E-state index is 0.692. The standard InChI is InChI=1S/C18H29N3/c1-13(2)9-19-10-16-11-20-14(3)8-18(16)21(17-6-7-17)12-15-4-5-15/h8,11,13,15,17,19H,4-7,9-10,12H2,1-3H3. The molecule has 2 aliphatic carbocycles. The highest BCUT2D eigenvalue weighted by atomic mass is 15.2. The summed E-state index contributed by atoms with van der Waals surface area (Å²) >= 11 is 0. The average Bonchev–Trinajstić information content (AvgIpc) is 3.31. The molecule has 3 rings (SSSR count). The van der Waals surface area contributed by atoms with Crippen LogP contribution in [0.1, 0.15) is 50.8 Å². The number of nitrogens with one attached hydrogen (secondary N) is 1. The maximum atomic E-state index is 4.53. The lowest BCUT2D eigenvalue weighted by atomic mass is 10.1. The molecular formula is C18H29N3. The van der Waals surface area contributed by atoms with Gasteiger partial charge in [0.15, 0.2) is 0 Å². The van der Waals surface area contributed by atoms with Crippen LogP contribution in [-0.2, 0) is 6.54 Å².